The van der Waals surface area contributed by atoms with Crippen molar-refractivity contribution in [3.63, 3.8) is 0 Å². The number of carbonyl (C=O) groups excluding carboxylic acids is 4. The zero-order chi connectivity index (χ0) is 72.8. The summed E-state index contributed by atoms with van der Waals surface area (Å²) in [6.45, 7) is 16.4. The molecule has 26 nitrogen and oxygen atoms in total. The van der Waals surface area contributed by atoms with E-state index in [0.717, 1.165) is 182 Å². The lowest BCUT2D eigenvalue weighted by molar-refractivity contribution is -0.138. The van der Waals surface area contributed by atoms with Gasteiger partial charge in [-0.05, 0) is 191 Å². The third-order valence-electron chi connectivity index (χ3n) is 22.5. The number of methoxy groups -OCH3 is 2. The van der Waals surface area contributed by atoms with E-state index in [1.807, 2.05) is 71.3 Å². The van der Waals surface area contributed by atoms with Crippen molar-refractivity contribution in [2.75, 3.05) is 14.2 Å². The van der Waals surface area contributed by atoms with Crippen LogP contribution in [0.3, 0.4) is 0 Å². The molecule has 10 heterocycles. The van der Waals surface area contributed by atoms with Gasteiger partial charge in [-0.1, -0.05) is 58.0 Å². The maximum Gasteiger partial charge on any atom is 0.408 e. The van der Waals surface area contributed by atoms with Gasteiger partial charge in [0.05, 0.1) is 78.9 Å². The van der Waals surface area contributed by atoms with E-state index >= 15 is 0 Å². The standard InChI is InChI=1S/C39H45N7O6.C39H43N7O6/c2*1-19(2)33(44-38(48)51-5)37(47)45-20(3)6-13-31(45)36-41-28-11-9-22-15-27-25-10-8-23(14-24(25)18-52-32(27)16-26(22)34(28)43-36)29-17-40-35(42-29)30-12-7-21(4)46(30)39(49)50/h8,10,14-17,19-21,30-31,33H,6-7,9,11-13,18H2,1-5H3,(H,40,42)(H,41,43)(H,44,48)(H,49,50);8-11,14-17,19-21,30-31,33H,6-7,12-13,18H2,1-5H3,(H,40,42)(H,41,43)(H,44,48)(H,49,50)/t20-,21?,30?,31-,33-;20?,21?,30-,31-,33-/m00/s1. The number of H-pyrrole nitrogens is 4. The molecule has 0 spiro atoms. The van der Waals surface area contributed by atoms with Crippen molar-refractivity contribution in [1.29, 1.82) is 0 Å². The van der Waals surface area contributed by atoms with E-state index in [1.54, 1.807) is 12.4 Å². The Morgan fingerprint density at radius 3 is 1.46 bits per heavy atom. The first kappa shape index (κ1) is 68.8. The number of nitrogens with zero attached hydrogens (tertiary/aromatic N) is 8. The number of rotatable bonds is 12. The number of amides is 6. The van der Waals surface area contributed by atoms with Gasteiger partial charge in [0.1, 0.15) is 60.1 Å². The summed E-state index contributed by atoms with van der Waals surface area (Å²) in [5, 5.41) is 27.0. The highest BCUT2D eigenvalue weighted by molar-refractivity contribution is 6.07. The molecule has 542 valence electrons. The smallest absolute Gasteiger partial charge is 0.408 e. The Hall–Kier alpha value is -10.9. The number of aromatic nitrogens is 8. The molecule has 9 aromatic rings. The molecular weight excluding hydrogens is 1320 g/mol. The molecule has 10 atom stereocenters. The largest absolute Gasteiger partial charge is 0.488 e. The number of imidazole rings is 4. The monoisotopic (exact) mass is 1410 g/mol. The highest BCUT2D eigenvalue weighted by Crippen LogP contribution is 2.49. The van der Waals surface area contributed by atoms with Crippen LogP contribution in [-0.4, -0.2) is 156 Å². The minimum atomic E-state index is -0.924. The lowest BCUT2D eigenvalue weighted by Gasteiger charge is -2.32. The van der Waals surface area contributed by atoms with Gasteiger partial charge in [0, 0.05) is 51.9 Å². The summed E-state index contributed by atoms with van der Waals surface area (Å²) < 4.78 is 22.4. The molecule has 6 aliphatic heterocycles. The number of aromatic amines is 4. The fourth-order valence-corrected chi connectivity index (χ4v) is 17.0. The van der Waals surface area contributed by atoms with E-state index < -0.39 is 36.5 Å². The Bertz CT molecular complexity index is 4900. The van der Waals surface area contributed by atoms with Crippen LogP contribution < -0.4 is 20.1 Å². The predicted molar refractivity (Wildman–Crippen MR) is 387 cm³/mol. The van der Waals surface area contributed by atoms with Gasteiger partial charge in [0.25, 0.3) is 0 Å². The van der Waals surface area contributed by atoms with Gasteiger partial charge < -0.3 is 69.5 Å². The van der Waals surface area contributed by atoms with Crippen LogP contribution in [0.15, 0.2) is 85.2 Å². The number of nitrogens with one attached hydrogen (secondary N) is 6. The number of alkyl carbamates (subject to hydrolysis) is 2. The zero-order valence-corrected chi connectivity index (χ0v) is 60.1. The normalized spacial score (nSPS) is 22.0. The first-order valence-electron chi connectivity index (χ1n) is 36.2. The van der Waals surface area contributed by atoms with Crippen molar-refractivity contribution in [3.05, 3.63) is 131 Å². The molecule has 26 heteroatoms. The molecule has 4 saturated heterocycles. The van der Waals surface area contributed by atoms with Crippen LogP contribution in [-0.2, 0) is 45.1 Å². The van der Waals surface area contributed by atoms with Gasteiger partial charge in [-0.15, -0.1) is 0 Å². The molecule has 4 aromatic heterocycles. The Labute approximate surface area is 601 Å². The number of carboxylic acid groups (broad SMARTS) is 2. The molecule has 0 saturated carbocycles. The second-order valence-electron chi connectivity index (χ2n) is 29.6. The van der Waals surface area contributed by atoms with E-state index in [-0.39, 0.29) is 72.0 Å². The lowest BCUT2D eigenvalue weighted by Crippen LogP contribution is -2.52. The lowest BCUT2D eigenvalue weighted by atomic mass is 9.86. The average Bonchev–Trinajstić information content (AvgIpc) is 1.09. The maximum atomic E-state index is 13.9. The second-order valence-corrected chi connectivity index (χ2v) is 29.6. The molecule has 16 rings (SSSR count). The number of hydrogen-bond acceptors (Lipinski definition) is 14. The summed E-state index contributed by atoms with van der Waals surface area (Å²) in [5.41, 5.74) is 15.9. The van der Waals surface area contributed by atoms with E-state index in [4.69, 9.17) is 28.9 Å². The van der Waals surface area contributed by atoms with Gasteiger partial charge in [-0.2, -0.15) is 0 Å². The number of fused-ring (bicyclic) bond motifs is 12. The second kappa shape index (κ2) is 27.4. The summed E-state index contributed by atoms with van der Waals surface area (Å²) in [6.07, 6.45) is 8.41. The van der Waals surface area contributed by atoms with Crippen LogP contribution in [0.5, 0.6) is 11.5 Å². The summed E-state index contributed by atoms with van der Waals surface area (Å²) in [7, 11) is 2.59. The summed E-state index contributed by atoms with van der Waals surface area (Å²) in [5.74, 6) is 3.89. The molecule has 5 aromatic carbocycles. The van der Waals surface area contributed by atoms with Crippen LogP contribution in [0, 0.1) is 11.8 Å². The highest BCUT2D eigenvalue weighted by atomic mass is 16.5. The van der Waals surface area contributed by atoms with Gasteiger partial charge in [-0.25, -0.2) is 39.1 Å². The van der Waals surface area contributed by atoms with Gasteiger partial charge in [0.15, 0.2) is 0 Å². The van der Waals surface area contributed by atoms with Crippen molar-refractivity contribution in [2.45, 2.75) is 193 Å². The van der Waals surface area contributed by atoms with E-state index in [0.29, 0.717) is 24.9 Å². The van der Waals surface area contributed by atoms with E-state index in [1.165, 1.54) is 29.6 Å². The van der Waals surface area contributed by atoms with Gasteiger partial charge in [0.2, 0.25) is 11.8 Å². The van der Waals surface area contributed by atoms with E-state index in [9.17, 15) is 39.0 Å². The molecule has 4 unspecified atom stereocenters. The fraction of sp³-hybridized carbons (Fsp3) is 0.436. The molecule has 6 amide bonds. The van der Waals surface area contributed by atoms with Crippen LogP contribution >= 0.6 is 0 Å². The van der Waals surface area contributed by atoms with Crippen molar-refractivity contribution in [1.82, 2.24) is 70.1 Å². The molecule has 0 bridgehead atoms. The average molecular weight is 1410 g/mol. The topological polar surface area (TPSA) is 332 Å². The highest BCUT2D eigenvalue weighted by Gasteiger charge is 2.45. The summed E-state index contributed by atoms with van der Waals surface area (Å²) in [6, 6.07) is 22.7. The SMILES string of the molecule is COC(=O)N[C@H](C(=O)N1C(C)CC[C@H]1c1nc2c(ccc3cc4c(cc32)OCc2cc(-c3cnc([C@@H]5CCC(C)N5C(=O)O)[nH]3)ccc2-4)[nH]1)C(C)C.COC(=O)N[C@H](C(=O)N1[C@@H](C)CC[C@H]1c1nc2c([nH]1)CCc1cc3c(cc1-2)OCc1cc(-c2cnc(C4CCC(C)N4C(=O)O)[nH]2)ccc1-3)C(C)C. The van der Waals surface area contributed by atoms with Crippen LogP contribution in [0.1, 0.15) is 177 Å². The third-order valence-corrected chi connectivity index (χ3v) is 22.5. The number of likely N-dealkylation sites (tertiary alicyclic amines) is 4. The number of benzene rings is 5. The first-order valence-corrected chi connectivity index (χ1v) is 36.2. The van der Waals surface area contributed by atoms with E-state index in [2.05, 4.69) is 107 Å². The molecule has 4 fully saturated rings. The van der Waals surface area contributed by atoms with Crippen LogP contribution in [0.25, 0.3) is 77.8 Å². The third kappa shape index (κ3) is 12.3. The Morgan fingerprint density at radius 1 is 0.500 bits per heavy atom. The molecule has 0 radical (unpaired) electrons. The van der Waals surface area contributed by atoms with Crippen LogP contribution in [0.2, 0.25) is 0 Å². The molecule has 8 N–H and O–H groups in total. The Kier molecular flexibility index (Phi) is 18.1. The number of carbonyl (C=O) groups is 6. The Balaban J connectivity index is 0.000000167. The zero-order valence-electron chi connectivity index (χ0n) is 60.1. The van der Waals surface area contributed by atoms with Crippen molar-refractivity contribution >= 4 is 58.0 Å². The summed E-state index contributed by atoms with van der Waals surface area (Å²) in [4.78, 5) is 116. The van der Waals surface area contributed by atoms with Gasteiger partial charge in [-0.3, -0.25) is 19.4 Å². The molecule has 7 aliphatic rings. The summed E-state index contributed by atoms with van der Waals surface area (Å²) >= 11 is 0. The number of ether oxygens (including phenoxy) is 4. The molecular formula is C78H88N14O12. The van der Waals surface area contributed by atoms with Crippen molar-refractivity contribution in [3.8, 4) is 67.5 Å². The quantitative estimate of drug-likeness (QED) is 0.0563. The molecule has 1 aliphatic carbocycles. The minimum Gasteiger partial charge on any atom is -0.488 e. The van der Waals surface area contributed by atoms with Gasteiger partial charge >= 0.3 is 24.4 Å². The maximum absolute atomic E-state index is 13.9. The van der Waals surface area contributed by atoms with Crippen molar-refractivity contribution in [2.24, 2.45) is 11.8 Å². The molecule has 104 heavy (non-hydrogen) atoms. The Morgan fingerprint density at radius 2 is 0.971 bits per heavy atom. The minimum absolute atomic E-state index is 0.00217. The van der Waals surface area contributed by atoms with Crippen LogP contribution in [0.4, 0.5) is 19.2 Å². The first-order chi connectivity index (χ1) is 50.0. The predicted octanol–water partition coefficient (Wildman–Crippen LogP) is 14.1. The fourth-order valence-electron chi connectivity index (χ4n) is 17.0. The number of hydrogen-bond donors (Lipinski definition) is 8. The number of aryl methyl sites for hydroxylation is 2. The van der Waals surface area contributed by atoms with Crippen molar-refractivity contribution < 1.29 is 57.9 Å².